The number of hydrogen-bond donors (Lipinski definition) is 0. The fourth-order valence-corrected chi connectivity index (χ4v) is 3.48. The van der Waals surface area contributed by atoms with E-state index in [2.05, 4.69) is 50.2 Å². The second kappa shape index (κ2) is 7.81. The minimum Gasteiger partial charge on any atom is -0.494 e. The molecule has 0 radical (unpaired) electrons. The van der Waals surface area contributed by atoms with Crippen LogP contribution >= 0.6 is 0 Å². The molecule has 2 aromatic carbocycles. The van der Waals surface area contributed by atoms with Crippen molar-refractivity contribution in [1.82, 2.24) is 9.97 Å². The third-order valence-electron chi connectivity index (χ3n) is 4.94. The summed E-state index contributed by atoms with van der Waals surface area (Å²) in [6.07, 6.45) is 2.88. The summed E-state index contributed by atoms with van der Waals surface area (Å²) in [5.74, 6) is 0.878. The molecule has 0 aliphatic heterocycles. The molecule has 2 aromatic heterocycles. The summed E-state index contributed by atoms with van der Waals surface area (Å²) in [5, 5.41) is 1.23. The van der Waals surface area contributed by atoms with Gasteiger partial charge < -0.3 is 4.74 Å². The van der Waals surface area contributed by atoms with Gasteiger partial charge in [-0.25, -0.2) is 4.98 Å². The normalized spacial score (nSPS) is 11.0. The Bertz CT molecular complexity index is 1120. The van der Waals surface area contributed by atoms with Gasteiger partial charge in [-0.2, -0.15) is 0 Å². The highest BCUT2D eigenvalue weighted by Crippen LogP contribution is 2.28. The quantitative estimate of drug-likeness (QED) is 0.418. The Morgan fingerprint density at radius 1 is 0.857 bits per heavy atom. The Morgan fingerprint density at radius 3 is 2.50 bits per heavy atom. The van der Waals surface area contributed by atoms with Crippen LogP contribution in [0.3, 0.4) is 0 Å². The van der Waals surface area contributed by atoms with Crippen LogP contribution in [0.5, 0.6) is 5.75 Å². The van der Waals surface area contributed by atoms with E-state index in [0.717, 1.165) is 40.2 Å². The molecular weight excluding hydrogens is 344 g/mol. The summed E-state index contributed by atoms with van der Waals surface area (Å²) < 4.78 is 5.61. The Kier molecular flexibility index (Phi) is 5.07. The fourth-order valence-electron chi connectivity index (χ4n) is 3.48. The topological polar surface area (TPSA) is 35.0 Å². The van der Waals surface area contributed by atoms with E-state index in [-0.39, 0.29) is 0 Å². The van der Waals surface area contributed by atoms with Crippen LogP contribution in [-0.2, 0) is 6.42 Å². The minimum atomic E-state index is 0.660. The third-order valence-corrected chi connectivity index (χ3v) is 4.94. The van der Waals surface area contributed by atoms with Gasteiger partial charge in [0.15, 0.2) is 0 Å². The molecule has 0 atom stereocenters. The maximum Gasteiger partial charge on any atom is 0.119 e. The molecule has 0 fully saturated rings. The van der Waals surface area contributed by atoms with E-state index < -0.39 is 0 Å². The molecule has 0 spiro atoms. The molecule has 0 bridgehead atoms. The lowest BCUT2D eigenvalue weighted by molar-refractivity contribution is 0.340. The highest BCUT2D eigenvalue weighted by molar-refractivity contribution is 5.85. The second-order valence-corrected chi connectivity index (χ2v) is 6.93. The van der Waals surface area contributed by atoms with Crippen molar-refractivity contribution in [3.63, 3.8) is 0 Å². The largest absolute Gasteiger partial charge is 0.494 e. The van der Waals surface area contributed by atoms with Crippen molar-refractivity contribution in [2.75, 3.05) is 6.61 Å². The van der Waals surface area contributed by atoms with Crippen molar-refractivity contribution in [1.29, 1.82) is 0 Å². The molecule has 3 heteroatoms. The zero-order chi connectivity index (χ0) is 19.5. The highest BCUT2D eigenvalue weighted by Gasteiger charge is 2.09. The van der Waals surface area contributed by atoms with E-state index >= 15 is 0 Å². The molecule has 0 saturated carbocycles. The van der Waals surface area contributed by atoms with E-state index in [1.165, 1.54) is 16.5 Å². The van der Waals surface area contributed by atoms with Gasteiger partial charge in [-0.15, -0.1) is 0 Å². The van der Waals surface area contributed by atoms with Gasteiger partial charge in [0, 0.05) is 17.1 Å². The summed E-state index contributed by atoms with van der Waals surface area (Å²) in [5.41, 5.74) is 7.56. The Balaban J connectivity index is 1.71. The van der Waals surface area contributed by atoms with Gasteiger partial charge in [-0.3, -0.25) is 4.98 Å². The van der Waals surface area contributed by atoms with E-state index in [1.807, 2.05) is 37.4 Å². The molecule has 0 amide bonds. The molecule has 0 unspecified atom stereocenters. The van der Waals surface area contributed by atoms with E-state index in [1.54, 1.807) is 0 Å². The van der Waals surface area contributed by atoms with Gasteiger partial charge in [-0.05, 0) is 67.8 Å². The fraction of sp³-hybridized carbons (Fsp3) is 0.200. The Hall–Kier alpha value is -3.20. The van der Waals surface area contributed by atoms with E-state index in [4.69, 9.17) is 14.7 Å². The predicted molar refractivity (Wildman–Crippen MR) is 116 cm³/mol. The van der Waals surface area contributed by atoms with Crippen LogP contribution in [0.15, 0.2) is 66.9 Å². The highest BCUT2D eigenvalue weighted by atomic mass is 16.5. The zero-order valence-electron chi connectivity index (χ0n) is 16.6. The molecule has 0 saturated heterocycles. The zero-order valence-corrected chi connectivity index (χ0v) is 16.6. The van der Waals surface area contributed by atoms with Crippen molar-refractivity contribution in [3.05, 3.63) is 78.0 Å². The molecular formula is C25H24N2O. The monoisotopic (exact) mass is 368 g/mol. The van der Waals surface area contributed by atoms with E-state index in [9.17, 15) is 0 Å². The lowest BCUT2D eigenvalue weighted by atomic mass is 10.0. The predicted octanol–water partition coefficient (Wildman–Crippen LogP) is 6.23. The van der Waals surface area contributed by atoms with Crippen LogP contribution < -0.4 is 4.74 Å². The van der Waals surface area contributed by atoms with Crippen LogP contribution in [0, 0.1) is 6.92 Å². The van der Waals surface area contributed by atoms with Crippen molar-refractivity contribution in [2.45, 2.75) is 27.2 Å². The van der Waals surface area contributed by atoms with Crippen LogP contribution in [0.2, 0.25) is 0 Å². The number of ether oxygens (including phenoxy) is 1. The number of rotatable bonds is 5. The maximum absolute atomic E-state index is 5.61. The summed E-state index contributed by atoms with van der Waals surface area (Å²) in [4.78, 5) is 9.55. The Labute approximate surface area is 166 Å². The lowest BCUT2D eigenvalue weighted by Crippen LogP contribution is -1.94. The van der Waals surface area contributed by atoms with Crippen LogP contribution in [0.4, 0.5) is 0 Å². The van der Waals surface area contributed by atoms with Gasteiger partial charge in [-0.1, -0.05) is 36.8 Å². The number of benzene rings is 2. The van der Waals surface area contributed by atoms with Crippen molar-refractivity contribution in [3.8, 4) is 28.3 Å². The van der Waals surface area contributed by atoms with Gasteiger partial charge in [0.2, 0.25) is 0 Å². The van der Waals surface area contributed by atoms with Crippen LogP contribution in [0.1, 0.15) is 25.0 Å². The molecule has 0 aliphatic carbocycles. The van der Waals surface area contributed by atoms with Crippen LogP contribution in [0.25, 0.3) is 33.4 Å². The number of aryl methyl sites for hydroxylation is 2. The standard InChI is InChI=1S/C25H24N2O/c1-4-18-15-25(27-23-11-9-17(3)13-22(18)23)24-12-10-20(16-26-24)19-7-6-8-21(14-19)28-5-2/h6-16H,4-5H2,1-3H3. The van der Waals surface area contributed by atoms with Crippen molar-refractivity contribution < 1.29 is 4.74 Å². The molecule has 4 aromatic rings. The summed E-state index contributed by atoms with van der Waals surface area (Å²) >= 11 is 0. The van der Waals surface area contributed by atoms with Gasteiger partial charge in [0.25, 0.3) is 0 Å². The lowest BCUT2D eigenvalue weighted by Gasteiger charge is -2.10. The Morgan fingerprint density at radius 2 is 1.75 bits per heavy atom. The molecule has 3 nitrogen and oxygen atoms in total. The minimum absolute atomic E-state index is 0.660. The molecule has 28 heavy (non-hydrogen) atoms. The van der Waals surface area contributed by atoms with Gasteiger partial charge >= 0.3 is 0 Å². The van der Waals surface area contributed by atoms with E-state index in [0.29, 0.717) is 6.61 Å². The first-order valence-corrected chi connectivity index (χ1v) is 9.78. The van der Waals surface area contributed by atoms with Gasteiger partial charge in [0.1, 0.15) is 5.75 Å². The third kappa shape index (κ3) is 3.61. The number of nitrogens with zero attached hydrogens (tertiary/aromatic N) is 2. The number of hydrogen-bond acceptors (Lipinski definition) is 3. The smallest absolute Gasteiger partial charge is 0.119 e. The summed E-state index contributed by atoms with van der Waals surface area (Å²) in [6.45, 7) is 6.95. The number of fused-ring (bicyclic) bond motifs is 1. The SMILES string of the molecule is CCOc1cccc(-c2ccc(-c3cc(CC)c4cc(C)ccc4n3)nc2)c1. The van der Waals surface area contributed by atoms with Gasteiger partial charge in [0.05, 0.1) is 23.5 Å². The molecule has 0 N–H and O–H groups in total. The molecule has 0 aliphatic rings. The first-order chi connectivity index (χ1) is 13.7. The average Bonchev–Trinajstić information content (AvgIpc) is 2.73. The molecule has 2 heterocycles. The van der Waals surface area contributed by atoms with Crippen molar-refractivity contribution >= 4 is 10.9 Å². The maximum atomic E-state index is 5.61. The molecule has 140 valence electrons. The molecule has 4 rings (SSSR count). The summed E-state index contributed by atoms with van der Waals surface area (Å²) in [7, 11) is 0. The van der Waals surface area contributed by atoms with Crippen molar-refractivity contribution in [2.24, 2.45) is 0 Å². The number of aromatic nitrogens is 2. The van der Waals surface area contributed by atoms with Crippen LogP contribution in [-0.4, -0.2) is 16.6 Å². The number of pyridine rings is 2. The first kappa shape index (κ1) is 18.2. The average molecular weight is 368 g/mol. The second-order valence-electron chi connectivity index (χ2n) is 6.93. The summed E-state index contributed by atoms with van der Waals surface area (Å²) in [6, 6.07) is 20.8. The first-order valence-electron chi connectivity index (χ1n) is 9.78.